The van der Waals surface area contributed by atoms with Crippen LogP contribution in [-0.2, 0) is 16.0 Å². The molecule has 0 fully saturated rings. The number of ether oxygens (including phenoxy) is 2. The van der Waals surface area contributed by atoms with Crippen LogP contribution in [-0.4, -0.2) is 45.6 Å². The number of nitrogens with one attached hydrogen (secondary N) is 1. The number of nitro groups is 1. The number of carbonyl (C=O) groups is 2. The van der Waals surface area contributed by atoms with E-state index in [9.17, 15) is 29.3 Å². The number of nitrogens with zero attached hydrogens (tertiary/aromatic N) is 3. The van der Waals surface area contributed by atoms with Gasteiger partial charge in [-0.3, -0.25) is 19.7 Å². The number of methoxy groups -OCH3 is 2. The van der Waals surface area contributed by atoms with Crippen molar-refractivity contribution < 1.29 is 24.0 Å². The number of rotatable bonds is 5. The molecule has 1 N–H and O–H groups in total. The molecule has 0 bridgehead atoms. The van der Waals surface area contributed by atoms with E-state index in [1.165, 1.54) is 25.3 Å². The lowest BCUT2D eigenvalue weighted by molar-refractivity contribution is -0.386. The summed E-state index contributed by atoms with van der Waals surface area (Å²) >= 11 is 0. The Morgan fingerprint density at radius 1 is 1.13 bits per heavy atom. The van der Waals surface area contributed by atoms with E-state index in [1.807, 2.05) is 0 Å². The minimum Gasteiger partial charge on any atom is -0.465 e. The fraction of sp³-hybridized carbons (Fsp3) is 0.167. The highest BCUT2D eigenvalue weighted by Crippen LogP contribution is 2.13. The fourth-order valence-corrected chi connectivity index (χ4v) is 2.77. The molecule has 1 aromatic carbocycles. The fourth-order valence-electron chi connectivity index (χ4n) is 2.77. The highest BCUT2D eigenvalue weighted by atomic mass is 16.6. The first-order chi connectivity index (χ1) is 14.2. The number of esters is 2. The molecule has 2 heterocycles. The van der Waals surface area contributed by atoms with Crippen molar-refractivity contribution in [3.63, 3.8) is 0 Å². The summed E-state index contributed by atoms with van der Waals surface area (Å²) in [5.41, 5.74) is -2.29. The molecule has 12 nitrogen and oxygen atoms in total. The molecule has 12 heteroatoms. The minimum atomic E-state index is -1.00. The summed E-state index contributed by atoms with van der Waals surface area (Å²) in [5.74, 6) is -1.53. The van der Waals surface area contributed by atoms with Gasteiger partial charge in [0, 0.05) is 12.3 Å². The summed E-state index contributed by atoms with van der Waals surface area (Å²) in [5, 5.41) is 11.4. The van der Waals surface area contributed by atoms with Crippen molar-refractivity contribution in [1.82, 2.24) is 14.5 Å². The summed E-state index contributed by atoms with van der Waals surface area (Å²) in [4.78, 5) is 65.2. The van der Waals surface area contributed by atoms with Crippen LogP contribution >= 0.6 is 0 Å². The predicted molar refractivity (Wildman–Crippen MR) is 102 cm³/mol. The van der Waals surface area contributed by atoms with Gasteiger partial charge < -0.3 is 19.0 Å². The van der Waals surface area contributed by atoms with E-state index in [0.717, 1.165) is 23.9 Å². The lowest BCUT2D eigenvalue weighted by atomic mass is 10.1. The first-order valence-corrected chi connectivity index (χ1v) is 8.33. The quantitative estimate of drug-likeness (QED) is 0.358. The monoisotopic (exact) mass is 414 g/mol. The van der Waals surface area contributed by atoms with E-state index in [4.69, 9.17) is 0 Å². The second-order valence-electron chi connectivity index (χ2n) is 6.03. The molecule has 0 saturated heterocycles. The summed E-state index contributed by atoms with van der Waals surface area (Å²) in [6.07, 6.45) is 1.07. The van der Waals surface area contributed by atoms with Gasteiger partial charge in [0.25, 0.3) is 5.56 Å². The zero-order valence-corrected chi connectivity index (χ0v) is 15.7. The average molecular weight is 414 g/mol. The molecular formula is C18H14N4O8. The Kier molecular flexibility index (Phi) is 5.40. The second-order valence-corrected chi connectivity index (χ2v) is 6.03. The molecule has 0 amide bonds. The predicted octanol–water partition coefficient (Wildman–Crippen LogP) is 0.614. The molecule has 3 rings (SSSR count). The van der Waals surface area contributed by atoms with Crippen molar-refractivity contribution in [2.75, 3.05) is 14.2 Å². The molecule has 0 saturated carbocycles. The molecule has 3 aromatic rings. The van der Waals surface area contributed by atoms with Crippen LogP contribution in [0.15, 0.2) is 40.1 Å². The summed E-state index contributed by atoms with van der Waals surface area (Å²) in [6, 6.07) is 4.95. The van der Waals surface area contributed by atoms with Crippen LogP contribution in [0.4, 0.5) is 5.69 Å². The Balaban J connectivity index is 2.13. The van der Waals surface area contributed by atoms with Crippen LogP contribution < -0.4 is 11.1 Å². The van der Waals surface area contributed by atoms with Gasteiger partial charge in [0.15, 0.2) is 0 Å². The van der Waals surface area contributed by atoms with Crippen molar-refractivity contribution in [1.29, 1.82) is 0 Å². The highest BCUT2D eigenvalue weighted by Gasteiger charge is 2.21. The number of aromatic nitrogens is 3. The van der Waals surface area contributed by atoms with Gasteiger partial charge in [0.1, 0.15) is 5.82 Å². The normalized spacial score (nSPS) is 10.6. The first-order valence-electron chi connectivity index (χ1n) is 8.33. The maximum absolute atomic E-state index is 12.4. The van der Waals surface area contributed by atoms with E-state index in [2.05, 4.69) is 19.4 Å². The zero-order valence-electron chi connectivity index (χ0n) is 15.7. The zero-order chi connectivity index (χ0) is 22.0. The van der Waals surface area contributed by atoms with Crippen LogP contribution in [0.3, 0.4) is 0 Å². The van der Waals surface area contributed by atoms with Gasteiger partial charge in [-0.05, 0) is 18.2 Å². The Hall–Kier alpha value is -4.35. The Labute approximate surface area is 166 Å². The van der Waals surface area contributed by atoms with E-state index < -0.39 is 33.7 Å². The van der Waals surface area contributed by atoms with Crippen LogP contribution in [0.25, 0.3) is 10.9 Å². The second kappa shape index (κ2) is 7.95. The third kappa shape index (κ3) is 3.78. The highest BCUT2D eigenvalue weighted by molar-refractivity contribution is 5.94. The van der Waals surface area contributed by atoms with Crippen molar-refractivity contribution >= 4 is 28.5 Å². The number of pyridine rings is 1. The third-order valence-electron chi connectivity index (χ3n) is 4.18. The molecule has 0 aliphatic heterocycles. The maximum Gasteiger partial charge on any atom is 0.339 e. The molecule has 2 aromatic heterocycles. The van der Waals surface area contributed by atoms with Gasteiger partial charge in [0.05, 0.1) is 47.7 Å². The Morgan fingerprint density at radius 2 is 1.80 bits per heavy atom. The smallest absolute Gasteiger partial charge is 0.339 e. The van der Waals surface area contributed by atoms with Crippen molar-refractivity contribution in [2.45, 2.75) is 6.54 Å². The summed E-state index contributed by atoms with van der Waals surface area (Å²) < 4.78 is 10.0. The maximum atomic E-state index is 12.4. The van der Waals surface area contributed by atoms with Crippen LogP contribution in [0, 0.1) is 10.1 Å². The third-order valence-corrected chi connectivity index (χ3v) is 4.18. The van der Waals surface area contributed by atoms with Crippen LogP contribution in [0.5, 0.6) is 0 Å². The van der Waals surface area contributed by atoms with Crippen LogP contribution in [0.2, 0.25) is 0 Å². The van der Waals surface area contributed by atoms with E-state index in [1.54, 1.807) is 0 Å². The molecule has 30 heavy (non-hydrogen) atoms. The number of benzene rings is 1. The van der Waals surface area contributed by atoms with Crippen molar-refractivity contribution in [3.8, 4) is 0 Å². The molecule has 0 atom stereocenters. The van der Waals surface area contributed by atoms with Crippen molar-refractivity contribution in [3.05, 3.63) is 78.2 Å². The average Bonchev–Trinajstić information content (AvgIpc) is 2.73. The molecule has 0 aliphatic rings. The Bertz CT molecular complexity index is 1310. The number of aromatic amines is 1. The van der Waals surface area contributed by atoms with Gasteiger partial charge in [-0.25, -0.2) is 14.6 Å². The van der Waals surface area contributed by atoms with Crippen LogP contribution in [0.1, 0.15) is 26.5 Å². The molecule has 154 valence electrons. The van der Waals surface area contributed by atoms with Gasteiger partial charge >= 0.3 is 23.2 Å². The summed E-state index contributed by atoms with van der Waals surface area (Å²) in [7, 11) is 2.29. The molecular weight excluding hydrogens is 400 g/mol. The molecule has 0 aliphatic carbocycles. The molecule has 0 unspecified atom stereocenters. The molecule has 0 spiro atoms. The van der Waals surface area contributed by atoms with E-state index in [-0.39, 0.29) is 34.4 Å². The minimum absolute atomic E-state index is 0.0204. The lowest BCUT2D eigenvalue weighted by Crippen LogP contribution is -2.26. The standard InChI is InChI=1S/C18H14N4O8/c1-29-17(25)9-3-4-11-12(5-9)19-14(20-15(11)23)8-21-7-10(18(26)30-2)6-13(16(21)24)22(27)28/h3-7H,8H2,1-2H3,(H,19,20,23). The van der Waals surface area contributed by atoms with Gasteiger partial charge in [0.2, 0.25) is 0 Å². The number of carbonyl (C=O) groups excluding carboxylic acids is 2. The van der Waals surface area contributed by atoms with Gasteiger partial charge in [-0.1, -0.05) is 0 Å². The SMILES string of the molecule is COC(=O)c1ccc2c(=O)[nH]c(Cn3cc(C(=O)OC)cc([N+](=O)[O-])c3=O)nc2c1. The number of hydrogen-bond donors (Lipinski definition) is 1. The number of H-pyrrole nitrogens is 1. The largest absolute Gasteiger partial charge is 0.465 e. The van der Waals surface area contributed by atoms with Gasteiger partial charge in [-0.2, -0.15) is 0 Å². The summed E-state index contributed by atoms with van der Waals surface area (Å²) in [6.45, 7) is -0.377. The first kappa shape index (κ1) is 20.4. The van der Waals surface area contributed by atoms with Gasteiger partial charge in [-0.15, -0.1) is 0 Å². The number of fused-ring (bicyclic) bond motifs is 1. The number of hydrogen-bond acceptors (Lipinski definition) is 9. The Morgan fingerprint density at radius 3 is 2.43 bits per heavy atom. The molecule has 0 radical (unpaired) electrons. The topological polar surface area (TPSA) is 163 Å². The van der Waals surface area contributed by atoms with Crippen molar-refractivity contribution in [2.24, 2.45) is 0 Å². The van der Waals surface area contributed by atoms with E-state index in [0.29, 0.717) is 0 Å². The van der Waals surface area contributed by atoms with E-state index >= 15 is 0 Å². The lowest BCUT2D eigenvalue weighted by Gasteiger charge is -2.09.